The molecule has 3 rings (SSSR count). The second kappa shape index (κ2) is 13.2. The number of halogens is 1. The zero-order valence-electron chi connectivity index (χ0n) is 18.8. The van der Waals surface area contributed by atoms with Gasteiger partial charge in [0.15, 0.2) is 17.5 Å². The van der Waals surface area contributed by atoms with E-state index < -0.39 is 0 Å². The van der Waals surface area contributed by atoms with E-state index in [-0.39, 0.29) is 24.0 Å². The van der Waals surface area contributed by atoms with Gasteiger partial charge in [-0.15, -0.1) is 35.3 Å². The number of thiazole rings is 1. The van der Waals surface area contributed by atoms with Gasteiger partial charge in [-0.3, -0.25) is 4.99 Å². The minimum atomic E-state index is 0. The zero-order chi connectivity index (χ0) is 22.1. The lowest BCUT2D eigenvalue weighted by molar-refractivity contribution is 0.319. The molecular formula is C23H30IN5O2S. The second-order valence-corrected chi connectivity index (χ2v) is 8.03. The van der Waals surface area contributed by atoms with Crippen LogP contribution in [-0.4, -0.2) is 29.6 Å². The van der Waals surface area contributed by atoms with E-state index in [1.165, 1.54) is 0 Å². The van der Waals surface area contributed by atoms with Crippen LogP contribution in [0.1, 0.15) is 43.0 Å². The van der Waals surface area contributed by atoms with Gasteiger partial charge in [-0.05, 0) is 30.5 Å². The van der Waals surface area contributed by atoms with Crippen LogP contribution in [0, 0.1) is 0 Å². The van der Waals surface area contributed by atoms with Gasteiger partial charge in [0.1, 0.15) is 5.01 Å². The zero-order valence-corrected chi connectivity index (χ0v) is 21.9. The Morgan fingerprint density at radius 2 is 1.84 bits per heavy atom. The lowest BCUT2D eigenvalue weighted by Crippen LogP contribution is -2.36. The standard InChI is InChI=1S/C23H29N5O2S.HI/c1-5-29-19-8-6-7-9-20(19)30-21-11-10-17(12-25-21)13-26-23(24-4)27-14-22-28-18(15-31-22)16(2)3;/h6-12,15-16H,5,13-14H2,1-4H3,(H2,24,26,27);1H. The van der Waals surface area contributed by atoms with Crippen LogP contribution in [0.15, 0.2) is 53.0 Å². The van der Waals surface area contributed by atoms with Crippen molar-refractivity contribution in [3.05, 3.63) is 64.2 Å². The molecule has 0 aliphatic rings. The van der Waals surface area contributed by atoms with E-state index in [0.29, 0.717) is 49.0 Å². The third kappa shape index (κ3) is 7.63. The summed E-state index contributed by atoms with van der Waals surface area (Å²) in [4.78, 5) is 13.3. The van der Waals surface area contributed by atoms with E-state index in [1.54, 1.807) is 24.6 Å². The van der Waals surface area contributed by atoms with Crippen molar-refractivity contribution in [1.82, 2.24) is 20.6 Å². The Kier molecular flexibility index (Phi) is 10.7. The van der Waals surface area contributed by atoms with Crippen molar-refractivity contribution in [2.24, 2.45) is 4.99 Å². The summed E-state index contributed by atoms with van der Waals surface area (Å²) in [5.41, 5.74) is 2.15. The van der Waals surface area contributed by atoms with E-state index in [0.717, 1.165) is 16.3 Å². The number of nitrogens with one attached hydrogen (secondary N) is 2. The van der Waals surface area contributed by atoms with E-state index in [9.17, 15) is 0 Å². The SMILES string of the molecule is CCOc1ccccc1Oc1ccc(CNC(=NC)NCc2nc(C(C)C)cs2)cn1.I. The minimum absolute atomic E-state index is 0. The summed E-state index contributed by atoms with van der Waals surface area (Å²) in [5.74, 6) is 3.02. The number of pyridine rings is 1. The smallest absolute Gasteiger partial charge is 0.219 e. The summed E-state index contributed by atoms with van der Waals surface area (Å²) >= 11 is 1.66. The van der Waals surface area contributed by atoms with E-state index in [1.807, 2.05) is 43.3 Å². The molecule has 172 valence electrons. The van der Waals surface area contributed by atoms with Crippen LogP contribution in [0.4, 0.5) is 0 Å². The van der Waals surface area contributed by atoms with Crippen LogP contribution >= 0.6 is 35.3 Å². The molecule has 9 heteroatoms. The average molecular weight is 567 g/mol. The number of nitrogens with zero attached hydrogens (tertiary/aromatic N) is 3. The molecule has 0 spiro atoms. The molecule has 0 aliphatic heterocycles. The molecular weight excluding hydrogens is 537 g/mol. The van der Waals surface area contributed by atoms with Gasteiger partial charge in [0.05, 0.1) is 18.8 Å². The van der Waals surface area contributed by atoms with Gasteiger partial charge in [-0.2, -0.15) is 0 Å². The molecule has 2 heterocycles. The first kappa shape index (κ1) is 25.9. The van der Waals surface area contributed by atoms with Gasteiger partial charge >= 0.3 is 0 Å². The van der Waals surface area contributed by atoms with Crippen molar-refractivity contribution in [2.75, 3.05) is 13.7 Å². The molecule has 0 bridgehead atoms. The molecule has 0 unspecified atom stereocenters. The molecule has 0 saturated carbocycles. The van der Waals surface area contributed by atoms with E-state index in [2.05, 4.69) is 44.8 Å². The third-order valence-corrected chi connectivity index (χ3v) is 5.28. The molecule has 2 aromatic heterocycles. The quantitative estimate of drug-likeness (QED) is 0.207. The topological polar surface area (TPSA) is 80.7 Å². The van der Waals surface area contributed by atoms with Crippen molar-refractivity contribution in [3.63, 3.8) is 0 Å². The summed E-state index contributed by atoms with van der Waals surface area (Å²) in [5, 5.41) is 9.75. The van der Waals surface area contributed by atoms with Crippen LogP contribution in [0.3, 0.4) is 0 Å². The Labute approximate surface area is 210 Å². The summed E-state index contributed by atoms with van der Waals surface area (Å²) in [6, 6.07) is 11.4. The van der Waals surface area contributed by atoms with Gasteiger partial charge in [-0.1, -0.05) is 32.0 Å². The highest BCUT2D eigenvalue weighted by atomic mass is 127. The molecule has 7 nitrogen and oxygen atoms in total. The Balaban J connectivity index is 0.00000363. The van der Waals surface area contributed by atoms with Crippen molar-refractivity contribution in [1.29, 1.82) is 0 Å². The molecule has 0 saturated heterocycles. The Bertz CT molecular complexity index is 992. The average Bonchev–Trinajstić information content (AvgIpc) is 3.26. The molecule has 32 heavy (non-hydrogen) atoms. The second-order valence-electron chi connectivity index (χ2n) is 7.09. The predicted octanol–water partition coefficient (Wildman–Crippen LogP) is 5.34. The fraction of sp³-hybridized carbons (Fsp3) is 0.348. The Morgan fingerprint density at radius 3 is 2.47 bits per heavy atom. The first-order valence-electron chi connectivity index (χ1n) is 10.3. The van der Waals surface area contributed by atoms with E-state index >= 15 is 0 Å². The van der Waals surface area contributed by atoms with Gasteiger partial charge in [0.25, 0.3) is 0 Å². The molecule has 0 atom stereocenters. The number of rotatable bonds is 9. The highest BCUT2D eigenvalue weighted by molar-refractivity contribution is 14.0. The molecule has 2 N–H and O–H groups in total. The third-order valence-electron chi connectivity index (χ3n) is 4.41. The molecule has 1 aromatic carbocycles. The summed E-state index contributed by atoms with van der Waals surface area (Å²) in [7, 11) is 1.75. The Hall–Kier alpha value is -2.40. The summed E-state index contributed by atoms with van der Waals surface area (Å²) < 4.78 is 11.5. The fourth-order valence-corrected chi connectivity index (χ4v) is 3.63. The van der Waals surface area contributed by atoms with Crippen LogP contribution in [0.5, 0.6) is 17.4 Å². The van der Waals surface area contributed by atoms with Crippen molar-refractivity contribution >= 4 is 41.3 Å². The number of ether oxygens (including phenoxy) is 2. The normalized spacial score (nSPS) is 11.1. The first-order valence-corrected chi connectivity index (χ1v) is 11.2. The molecule has 0 radical (unpaired) electrons. The molecule has 0 amide bonds. The largest absolute Gasteiger partial charge is 0.490 e. The van der Waals surface area contributed by atoms with Gasteiger partial charge in [0.2, 0.25) is 5.88 Å². The number of hydrogen-bond donors (Lipinski definition) is 2. The lowest BCUT2D eigenvalue weighted by Gasteiger charge is -2.12. The summed E-state index contributed by atoms with van der Waals surface area (Å²) in [6.07, 6.45) is 1.79. The van der Waals surface area contributed by atoms with Gasteiger partial charge < -0.3 is 20.1 Å². The Morgan fingerprint density at radius 1 is 1.09 bits per heavy atom. The van der Waals surface area contributed by atoms with Gasteiger partial charge in [-0.25, -0.2) is 9.97 Å². The number of aromatic nitrogens is 2. The monoisotopic (exact) mass is 567 g/mol. The van der Waals surface area contributed by atoms with Crippen molar-refractivity contribution < 1.29 is 9.47 Å². The maximum absolute atomic E-state index is 5.87. The van der Waals surface area contributed by atoms with Crippen molar-refractivity contribution in [2.45, 2.75) is 39.8 Å². The predicted molar refractivity (Wildman–Crippen MR) is 141 cm³/mol. The maximum atomic E-state index is 5.87. The van der Waals surface area contributed by atoms with Crippen LogP contribution in [0.2, 0.25) is 0 Å². The molecule has 3 aromatic rings. The molecule has 0 aliphatic carbocycles. The number of hydrogen-bond acceptors (Lipinski definition) is 6. The van der Waals surface area contributed by atoms with Crippen LogP contribution in [-0.2, 0) is 13.1 Å². The fourth-order valence-electron chi connectivity index (χ4n) is 2.73. The number of aliphatic imine (C=N–C) groups is 1. The highest BCUT2D eigenvalue weighted by Crippen LogP contribution is 2.30. The van der Waals surface area contributed by atoms with Crippen LogP contribution < -0.4 is 20.1 Å². The highest BCUT2D eigenvalue weighted by Gasteiger charge is 2.08. The summed E-state index contributed by atoms with van der Waals surface area (Å²) in [6.45, 7) is 8.05. The minimum Gasteiger partial charge on any atom is -0.490 e. The number of guanidine groups is 1. The first-order chi connectivity index (χ1) is 15.1. The number of para-hydroxylation sites is 2. The van der Waals surface area contributed by atoms with Gasteiger partial charge in [0, 0.05) is 31.2 Å². The van der Waals surface area contributed by atoms with E-state index in [4.69, 9.17) is 9.47 Å². The van der Waals surface area contributed by atoms with Crippen LogP contribution in [0.25, 0.3) is 0 Å². The lowest BCUT2D eigenvalue weighted by atomic mass is 10.2. The van der Waals surface area contributed by atoms with Crippen molar-refractivity contribution in [3.8, 4) is 17.4 Å². The number of benzene rings is 1. The maximum Gasteiger partial charge on any atom is 0.219 e. The molecule has 0 fully saturated rings.